The van der Waals surface area contributed by atoms with E-state index in [-0.39, 0.29) is 23.1 Å². The SMILES string of the molecule is CC(C)C#CC1(C(F)(F)F)N=C(N)Nc2cc(Br)ccc21. The van der Waals surface area contributed by atoms with Gasteiger partial charge in [0.1, 0.15) is 0 Å². The fraction of sp³-hybridized carbons (Fsp3) is 0.357. The molecule has 1 atom stereocenters. The van der Waals surface area contributed by atoms with Crippen molar-refractivity contribution in [2.75, 3.05) is 5.32 Å². The third-order valence-corrected chi connectivity index (χ3v) is 3.37. The van der Waals surface area contributed by atoms with Crippen LogP contribution in [0.4, 0.5) is 18.9 Å². The summed E-state index contributed by atoms with van der Waals surface area (Å²) in [6.45, 7) is 3.43. The highest BCUT2D eigenvalue weighted by Gasteiger charge is 2.58. The number of guanidine groups is 1. The summed E-state index contributed by atoms with van der Waals surface area (Å²) in [7, 11) is 0. The van der Waals surface area contributed by atoms with Gasteiger partial charge >= 0.3 is 6.18 Å². The van der Waals surface area contributed by atoms with E-state index in [1.54, 1.807) is 13.8 Å². The third kappa shape index (κ3) is 2.86. The fourth-order valence-corrected chi connectivity index (χ4v) is 2.33. The normalized spacial score (nSPS) is 21.0. The van der Waals surface area contributed by atoms with Crippen molar-refractivity contribution in [1.29, 1.82) is 0 Å². The van der Waals surface area contributed by atoms with Crippen LogP contribution in [0.3, 0.4) is 0 Å². The lowest BCUT2D eigenvalue weighted by atomic mass is 9.87. The Morgan fingerprint density at radius 3 is 2.62 bits per heavy atom. The highest BCUT2D eigenvalue weighted by Crippen LogP contribution is 2.47. The van der Waals surface area contributed by atoms with E-state index < -0.39 is 11.7 Å². The molecule has 1 heterocycles. The first kappa shape index (κ1) is 15.7. The van der Waals surface area contributed by atoms with Gasteiger partial charge in [0.05, 0.1) is 0 Å². The summed E-state index contributed by atoms with van der Waals surface area (Å²) in [6, 6.07) is 4.40. The molecule has 0 fully saturated rings. The molecule has 1 unspecified atom stereocenters. The summed E-state index contributed by atoms with van der Waals surface area (Å²) in [5, 5.41) is 2.65. The molecule has 112 valence electrons. The van der Waals surface area contributed by atoms with Crippen LogP contribution in [-0.4, -0.2) is 12.1 Å². The van der Waals surface area contributed by atoms with Crippen LogP contribution in [0.5, 0.6) is 0 Å². The van der Waals surface area contributed by atoms with Crippen molar-refractivity contribution in [3.63, 3.8) is 0 Å². The number of halogens is 4. The minimum atomic E-state index is -4.68. The van der Waals surface area contributed by atoms with Gasteiger partial charge in [-0.25, -0.2) is 4.99 Å². The Morgan fingerprint density at radius 1 is 1.38 bits per heavy atom. The molecule has 0 aromatic heterocycles. The average molecular weight is 360 g/mol. The van der Waals surface area contributed by atoms with Gasteiger partial charge in [0, 0.05) is 21.6 Å². The van der Waals surface area contributed by atoms with E-state index in [0.29, 0.717) is 4.47 Å². The van der Waals surface area contributed by atoms with E-state index in [0.717, 1.165) is 0 Å². The maximum absolute atomic E-state index is 13.7. The second-order valence-electron chi connectivity index (χ2n) is 4.94. The molecular formula is C14H13BrF3N3. The summed E-state index contributed by atoms with van der Waals surface area (Å²) in [6.07, 6.45) is -4.68. The fourth-order valence-electron chi connectivity index (χ4n) is 1.97. The number of hydrogen-bond donors (Lipinski definition) is 2. The average Bonchev–Trinajstić information content (AvgIpc) is 2.33. The third-order valence-electron chi connectivity index (χ3n) is 2.87. The Morgan fingerprint density at radius 2 is 2.05 bits per heavy atom. The summed E-state index contributed by atoms with van der Waals surface area (Å²) in [4.78, 5) is 3.60. The van der Waals surface area contributed by atoms with Crippen molar-refractivity contribution in [2.45, 2.75) is 25.6 Å². The van der Waals surface area contributed by atoms with Crippen molar-refractivity contribution in [2.24, 2.45) is 16.6 Å². The molecule has 21 heavy (non-hydrogen) atoms. The number of nitrogens with two attached hydrogens (primary N) is 1. The Kier molecular flexibility index (Phi) is 3.93. The van der Waals surface area contributed by atoms with Gasteiger partial charge in [-0.05, 0) is 12.1 Å². The van der Waals surface area contributed by atoms with Crippen LogP contribution in [0.15, 0.2) is 27.7 Å². The van der Waals surface area contributed by atoms with Crippen LogP contribution in [0.2, 0.25) is 0 Å². The topological polar surface area (TPSA) is 50.4 Å². The Bertz CT molecular complexity index is 656. The second-order valence-corrected chi connectivity index (χ2v) is 5.86. The van der Waals surface area contributed by atoms with E-state index in [1.807, 2.05) is 0 Å². The minimum absolute atomic E-state index is 0.0550. The minimum Gasteiger partial charge on any atom is -0.370 e. The highest BCUT2D eigenvalue weighted by atomic mass is 79.9. The predicted molar refractivity (Wildman–Crippen MR) is 79.7 cm³/mol. The molecular weight excluding hydrogens is 347 g/mol. The molecule has 0 radical (unpaired) electrons. The second kappa shape index (κ2) is 5.26. The number of hydrogen-bond acceptors (Lipinski definition) is 3. The summed E-state index contributed by atoms with van der Waals surface area (Å²) in [5.74, 6) is 4.33. The quantitative estimate of drug-likeness (QED) is 0.695. The lowest BCUT2D eigenvalue weighted by Crippen LogP contribution is -2.46. The molecule has 1 aromatic rings. The molecule has 0 spiro atoms. The number of fused-ring (bicyclic) bond motifs is 1. The molecule has 7 heteroatoms. The Labute approximate surface area is 128 Å². The van der Waals surface area contributed by atoms with Gasteiger partial charge in [-0.2, -0.15) is 13.2 Å². The van der Waals surface area contributed by atoms with Crippen molar-refractivity contribution in [3.8, 4) is 11.8 Å². The van der Waals surface area contributed by atoms with Crippen LogP contribution in [0.25, 0.3) is 0 Å². The van der Waals surface area contributed by atoms with Crippen LogP contribution >= 0.6 is 15.9 Å². The molecule has 0 aliphatic carbocycles. The molecule has 0 saturated carbocycles. The lowest BCUT2D eigenvalue weighted by molar-refractivity contribution is -0.170. The van der Waals surface area contributed by atoms with Crippen molar-refractivity contribution < 1.29 is 13.2 Å². The maximum atomic E-state index is 13.7. The molecule has 1 aliphatic heterocycles. The van der Waals surface area contributed by atoms with Gasteiger partial charge in [0.2, 0.25) is 5.54 Å². The maximum Gasteiger partial charge on any atom is 0.429 e. The summed E-state index contributed by atoms with van der Waals surface area (Å²) >= 11 is 3.22. The largest absolute Gasteiger partial charge is 0.429 e. The van der Waals surface area contributed by atoms with E-state index in [1.165, 1.54) is 18.2 Å². The van der Waals surface area contributed by atoms with E-state index in [2.05, 4.69) is 38.1 Å². The standard InChI is InChI=1S/C14H13BrF3N3/c1-8(2)5-6-13(14(16,17)18)10-4-3-9(15)7-11(10)20-12(19)21-13/h3-4,7-8H,1-2H3,(H3,19,20,21). The predicted octanol–water partition coefficient (Wildman–Crippen LogP) is 3.61. The van der Waals surface area contributed by atoms with E-state index in [9.17, 15) is 13.2 Å². The summed E-state index contributed by atoms with van der Waals surface area (Å²) < 4.78 is 41.7. The monoisotopic (exact) mass is 359 g/mol. The first-order valence-electron chi connectivity index (χ1n) is 6.17. The molecule has 0 amide bonds. The highest BCUT2D eigenvalue weighted by molar-refractivity contribution is 9.10. The van der Waals surface area contributed by atoms with Gasteiger partial charge < -0.3 is 11.1 Å². The van der Waals surface area contributed by atoms with Crippen LogP contribution in [0.1, 0.15) is 19.4 Å². The molecule has 3 nitrogen and oxygen atoms in total. The van der Waals surface area contributed by atoms with Gasteiger partial charge in [-0.1, -0.05) is 47.7 Å². The Balaban J connectivity index is 2.76. The summed E-state index contributed by atoms with van der Waals surface area (Å²) in [5.41, 5.74) is 3.09. The van der Waals surface area contributed by atoms with Crippen LogP contribution in [0, 0.1) is 17.8 Å². The zero-order valence-electron chi connectivity index (χ0n) is 11.3. The smallest absolute Gasteiger partial charge is 0.370 e. The number of nitrogens with zero attached hydrogens (tertiary/aromatic N) is 1. The van der Waals surface area contributed by atoms with E-state index in [4.69, 9.17) is 5.73 Å². The Hall–Kier alpha value is -1.68. The number of anilines is 1. The number of rotatable bonds is 0. The van der Waals surface area contributed by atoms with Crippen molar-refractivity contribution in [3.05, 3.63) is 28.2 Å². The molecule has 1 aliphatic rings. The van der Waals surface area contributed by atoms with Gasteiger partial charge in [0.15, 0.2) is 5.96 Å². The zero-order valence-corrected chi connectivity index (χ0v) is 12.9. The van der Waals surface area contributed by atoms with Gasteiger partial charge in [-0.3, -0.25) is 0 Å². The molecule has 0 bridgehead atoms. The number of nitrogens with one attached hydrogen (secondary N) is 1. The van der Waals surface area contributed by atoms with Gasteiger partial charge in [0.25, 0.3) is 0 Å². The molecule has 0 saturated heterocycles. The van der Waals surface area contributed by atoms with Crippen molar-refractivity contribution in [1.82, 2.24) is 0 Å². The number of aliphatic imine (C=N–C) groups is 1. The molecule has 1 aromatic carbocycles. The first-order valence-corrected chi connectivity index (χ1v) is 6.97. The lowest BCUT2D eigenvalue weighted by Gasteiger charge is -2.33. The van der Waals surface area contributed by atoms with Crippen LogP contribution < -0.4 is 11.1 Å². The number of alkyl halides is 3. The van der Waals surface area contributed by atoms with Gasteiger partial charge in [-0.15, -0.1) is 0 Å². The first-order chi connectivity index (χ1) is 9.65. The van der Waals surface area contributed by atoms with Crippen molar-refractivity contribution >= 4 is 27.6 Å². The zero-order chi connectivity index (χ0) is 15.8. The molecule has 3 N–H and O–H groups in total. The van der Waals surface area contributed by atoms with Crippen LogP contribution in [-0.2, 0) is 5.54 Å². The van der Waals surface area contributed by atoms with E-state index >= 15 is 0 Å². The number of benzene rings is 1. The molecule has 2 rings (SSSR count).